The summed E-state index contributed by atoms with van der Waals surface area (Å²) in [5.74, 6) is 0.991. The van der Waals surface area contributed by atoms with Crippen molar-refractivity contribution in [3.8, 4) is 0 Å². The number of halogens is 1. The number of aryl methyl sites for hydroxylation is 2. The molecule has 1 saturated heterocycles. The van der Waals surface area contributed by atoms with Crippen molar-refractivity contribution in [2.24, 2.45) is 0 Å². The van der Waals surface area contributed by atoms with E-state index in [9.17, 15) is 0 Å². The van der Waals surface area contributed by atoms with Crippen LogP contribution in [0.15, 0.2) is 30.3 Å². The molecule has 7 heteroatoms. The number of piperazine rings is 1. The molecule has 1 aliphatic carbocycles. The molecule has 2 aliphatic rings. The third-order valence-corrected chi connectivity index (χ3v) is 5.67. The monoisotopic (exact) mass is 376 g/mol. The SMILES string of the molecule is Cl.c1ccc(CCn2nnnc2CN2CCN(C3CCCC3)CC2)cc1. The van der Waals surface area contributed by atoms with Crippen LogP contribution in [0, 0.1) is 0 Å². The minimum atomic E-state index is 0. The summed E-state index contributed by atoms with van der Waals surface area (Å²) < 4.78 is 1.97. The molecule has 0 spiro atoms. The van der Waals surface area contributed by atoms with Crippen molar-refractivity contribution in [3.05, 3.63) is 41.7 Å². The number of aromatic nitrogens is 4. The molecule has 1 aromatic heterocycles. The van der Waals surface area contributed by atoms with Crippen LogP contribution in [0.1, 0.15) is 37.1 Å². The highest BCUT2D eigenvalue weighted by Gasteiger charge is 2.26. The van der Waals surface area contributed by atoms with Crippen LogP contribution in [0.25, 0.3) is 0 Å². The molecule has 4 rings (SSSR count). The van der Waals surface area contributed by atoms with Gasteiger partial charge in [-0.25, -0.2) is 4.68 Å². The van der Waals surface area contributed by atoms with Crippen molar-refractivity contribution in [3.63, 3.8) is 0 Å². The van der Waals surface area contributed by atoms with E-state index in [1.165, 1.54) is 44.3 Å². The number of hydrogen-bond donors (Lipinski definition) is 0. The van der Waals surface area contributed by atoms with E-state index in [-0.39, 0.29) is 12.4 Å². The van der Waals surface area contributed by atoms with E-state index in [0.717, 1.165) is 44.5 Å². The van der Waals surface area contributed by atoms with Crippen molar-refractivity contribution >= 4 is 12.4 Å². The van der Waals surface area contributed by atoms with Crippen LogP contribution in [0.5, 0.6) is 0 Å². The van der Waals surface area contributed by atoms with Crippen LogP contribution in [-0.4, -0.2) is 62.2 Å². The molecule has 0 N–H and O–H groups in total. The van der Waals surface area contributed by atoms with Crippen molar-refractivity contribution in [2.45, 2.75) is 51.2 Å². The van der Waals surface area contributed by atoms with Crippen LogP contribution in [-0.2, 0) is 19.5 Å². The average molecular weight is 377 g/mol. The molecule has 0 amide bonds. The molecule has 0 radical (unpaired) electrons. The Bertz CT molecular complexity index is 647. The lowest BCUT2D eigenvalue weighted by Crippen LogP contribution is -2.49. The lowest BCUT2D eigenvalue weighted by Gasteiger charge is -2.37. The minimum absolute atomic E-state index is 0. The molecule has 1 aromatic carbocycles. The van der Waals surface area contributed by atoms with Crippen LogP contribution in [0.2, 0.25) is 0 Å². The molecule has 26 heavy (non-hydrogen) atoms. The molecular weight excluding hydrogens is 348 g/mol. The second-order valence-electron chi connectivity index (χ2n) is 7.30. The van der Waals surface area contributed by atoms with Gasteiger partial charge in [-0.15, -0.1) is 17.5 Å². The number of benzene rings is 1. The summed E-state index contributed by atoms with van der Waals surface area (Å²) in [7, 11) is 0. The third-order valence-electron chi connectivity index (χ3n) is 5.67. The lowest BCUT2D eigenvalue weighted by atomic mass is 10.1. The fraction of sp³-hybridized carbons (Fsp3) is 0.632. The van der Waals surface area contributed by atoms with Gasteiger partial charge >= 0.3 is 0 Å². The second kappa shape index (κ2) is 9.44. The molecule has 0 bridgehead atoms. The lowest BCUT2D eigenvalue weighted by molar-refractivity contribution is 0.0911. The summed E-state index contributed by atoms with van der Waals surface area (Å²) in [6.45, 7) is 6.34. The summed E-state index contributed by atoms with van der Waals surface area (Å²) in [5.41, 5.74) is 1.33. The molecule has 2 aromatic rings. The van der Waals surface area contributed by atoms with E-state index < -0.39 is 0 Å². The van der Waals surface area contributed by atoms with E-state index in [1.54, 1.807) is 0 Å². The molecule has 1 saturated carbocycles. The minimum Gasteiger partial charge on any atom is -0.298 e. The predicted molar refractivity (Wildman–Crippen MR) is 104 cm³/mol. The molecule has 1 aliphatic heterocycles. The van der Waals surface area contributed by atoms with Gasteiger partial charge < -0.3 is 0 Å². The van der Waals surface area contributed by atoms with E-state index in [1.807, 2.05) is 4.68 Å². The summed E-state index contributed by atoms with van der Waals surface area (Å²) >= 11 is 0. The Hall–Kier alpha value is -1.50. The van der Waals surface area contributed by atoms with Gasteiger partial charge in [-0.1, -0.05) is 43.2 Å². The number of rotatable bonds is 6. The zero-order valence-corrected chi connectivity index (χ0v) is 16.2. The highest BCUT2D eigenvalue weighted by molar-refractivity contribution is 5.85. The van der Waals surface area contributed by atoms with Gasteiger partial charge in [-0.05, 0) is 35.3 Å². The van der Waals surface area contributed by atoms with Gasteiger partial charge in [-0.2, -0.15) is 0 Å². The Morgan fingerprint density at radius 3 is 2.42 bits per heavy atom. The standard InChI is InChI=1S/C19H28N6.ClH/c1-2-6-17(7-3-1)10-11-25-19(20-21-22-25)16-23-12-14-24(15-13-23)18-8-4-5-9-18;/h1-3,6-7,18H,4-5,8-16H2;1H. The van der Waals surface area contributed by atoms with E-state index >= 15 is 0 Å². The van der Waals surface area contributed by atoms with Crippen LogP contribution in [0.4, 0.5) is 0 Å². The first-order valence-corrected chi connectivity index (χ1v) is 9.64. The Labute approximate surface area is 162 Å². The predicted octanol–water partition coefficient (Wildman–Crippen LogP) is 2.40. The normalized spacial score (nSPS) is 19.5. The Balaban J connectivity index is 0.00000196. The fourth-order valence-corrected chi connectivity index (χ4v) is 4.15. The van der Waals surface area contributed by atoms with Crippen molar-refractivity contribution in [1.29, 1.82) is 0 Å². The third kappa shape index (κ3) is 4.81. The zero-order chi connectivity index (χ0) is 16.9. The second-order valence-corrected chi connectivity index (χ2v) is 7.30. The van der Waals surface area contributed by atoms with Gasteiger partial charge in [0.15, 0.2) is 5.82 Å². The van der Waals surface area contributed by atoms with Crippen LogP contribution in [0.3, 0.4) is 0 Å². The van der Waals surface area contributed by atoms with Gasteiger partial charge in [-0.3, -0.25) is 9.80 Å². The highest BCUT2D eigenvalue weighted by atomic mass is 35.5. The maximum absolute atomic E-state index is 4.27. The van der Waals surface area contributed by atoms with Gasteiger partial charge in [0, 0.05) is 38.8 Å². The van der Waals surface area contributed by atoms with Crippen molar-refractivity contribution in [2.75, 3.05) is 26.2 Å². The van der Waals surface area contributed by atoms with Gasteiger partial charge in [0.25, 0.3) is 0 Å². The van der Waals surface area contributed by atoms with Gasteiger partial charge in [0.05, 0.1) is 6.54 Å². The summed E-state index contributed by atoms with van der Waals surface area (Å²) in [5, 5.41) is 12.4. The maximum atomic E-state index is 4.27. The first-order chi connectivity index (χ1) is 12.4. The smallest absolute Gasteiger partial charge is 0.165 e. The number of tetrazole rings is 1. The zero-order valence-electron chi connectivity index (χ0n) is 15.3. The van der Waals surface area contributed by atoms with Crippen LogP contribution >= 0.6 is 12.4 Å². The number of nitrogens with zero attached hydrogens (tertiary/aromatic N) is 6. The average Bonchev–Trinajstić information content (AvgIpc) is 3.34. The molecule has 2 fully saturated rings. The summed E-state index contributed by atoms with van der Waals surface area (Å²) in [4.78, 5) is 5.19. The van der Waals surface area contributed by atoms with Crippen molar-refractivity contribution in [1.82, 2.24) is 30.0 Å². The fourth-order valence-electron chi connectivity index (χ4n) is 4.15. The molecule has 6 nitrogen and oxygen atoms in total. The van der Waals surface area contributed by atoms with E-state index in [0.29, 0.717) is 0 Å². The topological polar surface area (TPSA) is 50.1 Å². The first-order valence-electron chi connectivity index (χ1n) is 9.64. The molecule has 0 unspecified atom stereocenters. The van der Waals surface area contributed by atoms with Crippen molar-refractivity contribution < 1.29 is 0 Å². The number of hydrogen-bond acceptors (Lipinski definition) is 5. The molecule has 142 valence electrons. The van der Waals surface area contributed by atoms with Gasteiger partial charge in [0.1, 0.15) is 0 Å². The van der Waals surface area contributed by atoms with E-state index in [4.69, 9.17) is 0 Å². The summed E-state index contributed by atoms with van der Waals surface area (Å²) in [6, 6.07) is 11.4. The Morgan fingerprint density at radius 2 is 1.69 bits per heavy atom. The largest absolute Gasteiger partial charge is 0.298 e. The molecule has 2 heterocycles. The first kappa shape index (κ1) is 19.3. The van der Waals surface area contributed by atoms with Gasteiger partial charge in [0.2, 0.25) is 0 Å². The quantitative estimate of drug-likeness (QED) is 0.774. The van der Waals surface area contributed by atoms with Crippen LogP contribution < -0.4 is 0 Å². The molecule has 0 atom stereocenters. The maximum Gasteiger partial charge on any atom is 0.165 e. The Kier molecular flexibility index (Phi) is 7.00. The molecular formula is C19H29ClN6. The van der Waals surface area contributed by atoms with E-state index in [2.05, 4.69) is 55.7 Å². The summed E-state index contributed by atoms with van der Waals surface area (Å²) in [6.07, 6.45) is 6.60. The highest BCUT2D eigenvalue weighted by Crippen LogP contribution is 2.24. The Morgan fingerprint density at radius 1 is 0.962 bits per heavy atom.